The lowest BCUT2D eigenvalue weighted by atomic mass is 10.2. The topological polar surface area (TPSA) is 48.4 Å². The third-order valence-corrected chi connectivity index (χ3v) is 16.0. The molecule has 0 N–H and O–H groups in total. The van der Waals surface area contributed by atoms with Gasteiger partial charge in [-0.1, -0.05) is 109 Å². The molecule has 0 saturated carbocycles. The number of nitrogens with zero attached hydrogens (tertiary/aromatic N) is 6. The molecule has 0 saturated heterocycles. The average Bonchev–Trinajstić information content (AvgIpc) is 3.21. The maximum atomic E-state index is 5.37. The Kier molecular flexibility index (Phi) is 14.0. The van der Waals surface area contributed by atoms with Crippen LogP contribution in [0.1, 0.15) is 33.4 Å². The lowest BCUT2D eigenvalue weighted by Crippen LogP contribution is -2.18. The molecule has 1 heterocycles. The van der Waals surface area contributed by atoms with Crippen molar-refractivity contribution in [2.45, 2.75) is 70.9 Å². The maximum absolute atomic E-state index is 5.37. The molecule has 0 amide bonds. The molecule has 0 fully saturated rings. The number of anilines is 3. The summed E-state index contributed by atoms with van der Waals surface area (Å²) < 4.78 is 6.39. The first-order valence-corrected chi connectivity index (χ1v) is 22.9. The van der Waals surface area contributed by atoms with Crippen molar-refractivity contribution < 1.29 is 0 Å². The van der Waals surface area contributed by atoms with E-state index in [0.29, 0.717) is 17.8 Å². The Morgan fingerprint density at radius 1 is 0.263 bits per heavy atom. The van der Waals surface area contributed by atoms with Gasteiger partial charge in [-0.2, -0.15) is 15.0 Å². The van der Waals surface area contributed by atoms with Crippen molar-refractivity contribution in [3.8, 4) is 0 Å². The monoisotopic (exact) mass is 858 g/mol. The van der Waals surface area contributed by atoms with Gasteiger partial charge in [-0.25, -0.2) is 11.1 Å². The van der Waals surface area contributed by atoms with Crippen molar-refractivity contribution in [3.05, 3.63) is 179 Å². The molecule has 0 radical (unpaired) electrons. The van der Waals surface area contributed by atoms with Crippen LogP contribution in [0, 0.1) is 41.5 Å². The summed E-state index contributed by atoms with van der Waals surface area (Å²) in [6.07, 6.45) is 0. The van der Waals surface area contributed by atoms with Crippen LogP contribution in [0.2, 0.25) is 0 Å². The van der Waals surface area contributed by atoms with Crippen molar-refractivity contribution in [3.63, 3.8) is 0 Å². The maximum Gasteiger partial charge on any atom is 0.253 e. The zero-order valence-corrected chi connectivity index (χ0v) is 37.4. The molecule has 0 spiro atoms. The predicted octanol–water partition coefficient (Wildman–Crippen LogP) is 14.4. The number of hydrogen-bond donors (Lipinski definition) is 0. The van der Waals surface area contributed by atoms with E-state index < -0.39 is 0 Å². The third kappa shape index (κ3) is 10.7. The van der Waals surface area contributed by atoms with Gasteiger partial charge >= 0.3 is 0 Å². The predicted molar refractivity (Wildman–Crippen MR) is 249 cm³/mol. The van der Waals surface area contributed by atoms with Crippen LogP contribution >= 0.6 is 71.7 Å². The average molecular weight is 859 g/mol. The summed E-state index contributed by atoms with van der Waals surface area (Å²) in [5, 5.41) is 0. The summed E-state index contributed by atoms with van der Waals surface area (Å²) in [5.41, 5.74) is 7.03. The molecule has 288 valence electrons. The summed E-state index contributed by atoms with van der Waals surface area (Å²) >= 11 is 9.71. The van der Waals surface area contributed by atoms with Crippen molar-refractivity contribution in [2.24, 2.45) is 0 Å². The van der Waals surface area contributed by atoms with E-state index in [9.17, 15) is 0 Å². The molecule has 0 atom stereocenters. The fourth-order valence-corrected chi connectivity index (χ4v) is 11.4. The van der Waals surface area contributed by atoms with Crippen LogP contribution in [0.4, 0.5) is 17.8 Å². The van der Waals surface area contributed by atoms with E-state index >= 15 is 0 Å². The lowest BCUT2D eigenvalue weighted by molar-refractivity contribution is 1.05. The van der Waals surface area contributed by atoms with Crippen molar-refractivity contribution >= 4 is 89.5 Å². The first-order valence-electron chi connectivity index (χ1n) is 18.3. The standard InChI is InChI=1S/C45H42N6S6/c1-31-19-7-13-25-37(31)52-49(53-38-26-14-8-20-32(38)2)43-46-44(50(54-39-27-15-9-21-33(39)3)55-40-28-16-10-22-34(40)4)48-45(47-43)51(56-41-29-17-11-23-35(41)5)57-42-30-18-12-24-36(42)6/h7-30H,1-6H3. The van der Waals surface area contributed by atoms with E-state index in [1.165, 1.54) is 33.4 Å². The second-order valence-corrected chi connectivity index (χ2v) is 19.8. The van der Waals surface area contributed by atoms with Crippen LogP contribution in [0.3, 0.4) is 0 Å². The second-order valence-electron chi connectivity index (χ2n) is 13.1. The van der Waals surface area contributed by atoms with E-state index in [2.05, 4.69) is 198 Å². The van der Waals surface area contributed by atoms with Gasteiger partial charge < -0.3 is 0 Å². The minimum absolute atomic E-state index is 0.526. The van der Waals surface area contributed by atoms with Crippen LogP contribution in [0.5, 0.6) is 0 Å². The third-order valence-electron chi connectivity index (χ3n) is 8.74. The van der Waals surface area contributed by atoms with Crippen molar-refractivity contribution in [1.29, 1.82) is 0 Å². The summed E-state index contributed by atoms with van der Waals surface area (Å²) in [4.78, 5) is 22.8. The first kappa shape index (κ1) is 41.0. The van der Waals surface area contributed by atoms with E-state index in [-0.39, 0.29) is 0 Å². The Hall–Kier alpha value is -4.17. The van der Waals surface area contributed by atoms with Crippen molar-refractivity contribution in [1.82, 2.24) is 15.0 Å². The van der Waals surface area contributed by atoms with Crippen LogP contribution in [-0.4, -0.2) is 15.0 Å². The molecule has 0 unspecified atom stereocenters. The smallest absolute Gasteiger partial charge is 0.215 e. The molecule has 0 aliphatic heterocycles. The summed E-state index contributed by atoms with van der Waals surface area (Å²) in [6.45, 7) is 12.8. The number of benzene rings is 6. The fraction of sp³-hybridized carbons (Fsp3) is 0.133. The molecule has 6 nitrogen and oxygen atoms in total. The zero-order valence-electron chi connectivity index (χ0n) is 32.5. The van der Waals surface area contributed by atoms with Gasteiger partial charge in [-0.3, -0.25) is 0 Å². The molecule has 0 aliphatic rings. The van der Waals surface area contributed by atoms with Gasteiger partial charge in [-0.15, -0.1) is 0 Å². The van der Waals surface area contributed by atoms with Crippen LogP contribution in [0.25, 0.3) is 0 Å². The Morgan fingerprint density at radius 2 is 0.421 bits per heavy atom. The quantitative estimate of drug-likeness (QED) is 0.0923. The largest absolute Gasteiger partial charge is 0.253 e. The summed E-state index contributed by atoms with van der Waals surface area (Å²) in [5.74, 6) is 1.58. The minimum Gasteiger partial charge on any atom is -0.215 e. The Balaban J connectivity index is 1.44. The Bertz CT molecular complexity index is 2040. The van der Waals surface area contributed by atoms with E-state index in [1.54, 1.807) is 71.7 Å². The number of aromatic nitrogens is 3. The molecule has 1 aromatic heterocycles. The van der Waals surface area contributed by atoms with E-state index in [1.807, 2.05) is 0 Å². The fourth-order valence-electron chi connectivity index (χ4n) is 5.38. The number of rotatable bonds is 15. The Labute approximate surface area is 362 Å². The van der Waals surface area contributed by atoms with Gasteiger partial charge in [0.15, 0.2) is 0 Å². The molecule has 57 heavy (non-hydrogen) atoms. The Morgan fingerprint density at radius 3 is 0.579 bits per heavy atom. The van der Waals surface area contributed by atoms with Crippen molar-refractivity contribution in [2.75, 3.05) is 11.1 Å². The summed E-state index contributed by atoms with van der Waals surface area (Å²) in [7, 11) is 0. The van der Waals surface area contributed by atoms with Gasteiger partial charge in [0, 0.05) is 101 Å². The molecular weight excluding hydrogens is 817 g/mol. The van der Waals surface area contributed by atoms with Crippen LogP contribution in [-0.2, 0) is 0 Å². The molecule has 6 aromatic carbocycles. The number of hydrogen-bond acceptors (Lipinski definition) is 12. The minimum atomic E-state index is 0.526. The SMILES string of the molecule is Cc1ccccc1SN(Sc1ccccc1C)c1nc(N(Sc2ccccc2C)Sc2ccccc2C)nc(N(Sc2ccccc2C)Sc2ccccc2C)n1. The van der Waals surface area contributed by atoms with Crippen LogP contribution < -0.4 is 11.1 Å². The zero-order chi connectivity index (χ0) is 39.7. The van der Waals surface area contributed by atoms with Gasteiger partial charge in [0.2, 0.25) is 0 Å². The lowest BCUT2D eigenvalue weighted by Gasteiger charge is -2.27. The van der Waals surface area contributed by atoms with E-state index in [0.717, 1.165) is 29.4 Å². The first-order chi connectivity index (χ1) is 27.7. The van der Waals surface area contributed by atoms with E-state index in [4.69, 9.17) is 15.0 Å². The highest BCUT2D eigenvalue weighted by molar-refractivity contribution is 8.19. The summed E-state index contributed by atoms with van der Waals surface area (Å²) in [6, 6.07) is 50.7. The highest BCUT2D eigenvalue weighted by Gasteiger charge is 2.27. The highest BCUT2D eigenvalue weighted by Crippen LogP contribution is 2.46. The highest BCUT2D eigenvalue weighted by atomic mass is 32.2. The second kappa shape index (κ2) is 19.5. The van der Waals surface area contributed by atoms with Gasteiger partial charge in [0.25, 0.3) is 17.8 Å². The molecule has 7 aromatic rings. The molecule has 12 heteroatoms. The van der Waals surface area contributed by atoms with Gasteiger partial charge in [-0.05, 0) is 111 Å². The molecule has 7 rings (SSSR count). The van der Waals surface area contributed by atoms with Crippen LogP contribution in [0.15, 0.2) is 175 Å². The van der Waals surface area contributed by atoms with Gasteiger partial charge in [0.1, 0.15) is 0 Å². The van der Waals surface area contributed by atoms with Gasteiger partial charge in [0.05, 0.1) is 0 Å². The molecule has 0 bridgehead atoms. The number of aryl methyl sites for hydroxylation is 6. The molecular formula is C45H42N6S6. The normalized spacial score (nSPS) is 11.1. The molecule has 0 aliphatic carbocycles.